The molecule has 0 heterocycles. The predicted octanol–water partition coefficient (Wildman–Crippen LogP) is 1.55. The van der Waals surface area contributed by atoms with Crippen molar-refractivity contribution in [2.75, 3.05) is 19.7 Å². The molecule has 0 N–H and O–H groups in total. The van der Waals surface area contributed by atoms with E-state index in [2.05, 4.69) is 5.28 Å². The largest absolute Gasteiger partial charge is 0.569 e. The number of hydrogen-bond donors (Lipinski definition) is 0. The van der Waals surface area contributed by atoms with Gasteiger partial charge in [-0.1, -0.05) is 6.92 Å². The molecule has 0 fully saturated rings. The van der Waals surface area contributed by atoms with Gasteiger partial charge in [-0.3, -0.25) is 0 Å². The van der Waals surface area contributed by atoms with Crippen molar-refractivity contribution in [1.82, 2.24) is 5.01 Å². The van der Waals surface area contributed by atoms with Crippen LogP contribution in [0.5, 0.6) is 0 Å². The topological polar surface area (TPSA) is 50.9 Å². The van der Waals surface area contributed by atoms with Gasteiger partial charge in [0.1, 0.15) is 6.61 Å². The molecule has 0 rings (SSSR count). The van der Waals surface area contributed by atoms with Crippen molar-refractivity contribution in [3.8, 4) is 0 Å². The SMILES string of the molecule is CCCO/N=[N+](/[O-])N(CC)CC. The maximum atomic E-state index is 11.0. The van der Waals surface area contributed by atoms with Gasteiger partial charge in [-0.2, -0.15) is 0 Å². The Kier molecular flexibility index (Phi) is 6.14. The van der Waals surface area contributed by atoms with E-state index in [4.69, 9.17) is 4.84 Å². The van der Waals surface area contributed by atoms with E-state index in [9.17, 15) is 5.21 Å². The Morgan fingerprint density at radius 1 is 1.33 bits per heavy atom. The molecule has 0 aromatic carbocycles. The first-order valence-corrected chi connectivity index (χ1v) is 4.31. The minimum Gasteiger partial charge on any atom is -0.569 e. The van der Waals surface area contributed by atoms with Gasteiger partial charge in [0.2, 0.25) is 5.28 Å². The van der Waals surface area contributed by atoms with Gasteiger partial charge in [0.25, 0.3) is 0 Å². The molecule has 5 heteroatoms. The van der Waals surface area contributed by atoms with Crippen molar-refractivity contribution < 1.29 is 9.81 Å². The Morgan fingerprint density at radius 2 is 1.92 bits per heavy atom. The van der Waals surface area contributed by atoms with Crippen LogP contribution in [0.4, 0.5) is 0 Å². The average Bonchev–Trinajstić information content (AvgIpc) is 2.07. The standard InChI is InChI=1S/C7H17N3O2/c1-4-7-12-8-10(11)9(5-2)6-3/h4-7H2,1-3H3/b10-8+. The molecule has 0 aromatic heterocycles. The highest BCUT2D eigenvalue weighted by molar-refractivity contribution is 4.29. The Bertz CT molecular complexity index is 135. The second-order valence-corrected chi connectivity index (χ2v) is 2.31. The molecule has 0 amide bonds. The summed E-state index contributed by atoms with van der Waals surface area (Å²) in [6.07, 6.45) is 0.857. The third-order valence-electron chi connectivity index (χ3n) is 1.40. The van der Waals surface area contributed by atoms with Gasteiger partial charge in [0.05, 0.1) is 18.1 Å². The summed E-state index contributed by atoms with van der Waals surface area (Å²) < 4.78 is 0. The fraction of sp³-hybridized carbons (Fsp3) is 1.00. The van der Waals surface area contributed by atoms with Crippen molar-refractivity contribution in [2.45, 2.75) is 27.2 Å². The molecule has 0 radical (unpaired) electrons. The second kappa shape index (κ2) is 6.69. The highest BCUT2D eigenvalue weighted by Crippen LogP contribution is 1.90. The normalized spacial score (nSPS) is 11.4. The van der Waals surface area contributed by atoms with Crippen LogP contribution in [0, 0.1) is 5.21 Å². The number of hydrazine groups is 1. The van der Waals surface area contributed by atoms with E-state index < -0.39 is 0 Å². The van der Waals surface area contributed by atoms with Crippen molar-refractivity contribution in [1.29, 1.82) is 0 Å². The van der Waals surface area contributed by atoms with Crippen LogP contribution in [-0.2, 0) is 4.84 Å². The lowest BCUT2D eigenvalue weighted by Gasteiger charge is -2.12. The fourth-order valence-corrected chi connectivity index (χ4v) is 0.699. The van der Waals surface area contributed by atoms with E-state index in [1.165, 1.54) is 5.01 Å². The average molecular weight is 175 g/mol. The molecule has 0 saturated heterocycles. The summed E-state index contributed by atoms with van der Waals surface area (Å²) in [6, 6.07) is 0. The van der Waals surface area contributed by atoms with Gasteiger partial charge in [0.15, 0.2) is 0 Å². The van der Waals surface area contributed by atoms with Gasteiger partial charge >= 0.3 is 0 Å². The highest BCUT2D eigenvalue weighted by Gasteiger charge is 2.05. The van der Waals surface area contributed by atoms with E-state index in [1.807, 2.05) is 20.8 Å². The van der Waals surface area contributed by atoms with E-state index in [0.29, 0.717) is 24.7 Å². The molecule has 0 bridgehead atoms. The van der Waals surface area contributed by atoms with E-state index in [0.717, 1.165) is 6.42 Å². The number of rotatable bonds is 6. The van der Waals surface area contributed by atoms with Crippen LogP contribution in [0.2, 0.25) is 0 Å². The molecule has 12 heavy (non-hydrogen) atoms. The lowest BCUT2D eigenvalue weighted by molar-refractivity contribution is -0.710. The third-order valence-corrected chi connectivity index (χ3v) is 1.40. The molecule has 0 aliphatic heterocycles. The van der Waals surface area contributed by atoms with Crippen LogP contribution in [0.15, 0.2) is 5.28 Å². The Morgan fingerprint density at radius 3 is 2.33 bits per heavy atom. The maximum absolute atomic E-state index is 11.0. The molecular formula is C7H17N3O2. The van der Waals surface area contributed by atoms with Crippen LogP contribution >= 0.6 is 0 Å². The number of hydrogen-bond acceptors (Lipinski definition) is 3. The smallest absolute Gasteiger partial charge is 0.233 e. The zero-order valence-corrected chi connectivity index (χ0v) is 7.99. The fourth-order valence-electron chi connectivity index (χ4n) is 0.699. The van der Waals surface area contributed by atoms with Crippen LogP contribution in [0.1, 0.15) is 27.2 Å². The van der Waals surface area contributed by atoms with E-state index in [-0.39, 0.29) is 0 Å². The molecule has 0 unspecified atom stereocenters. The zero-order chi connectivity index (χ0) is 9.40. The Balaban J connectivity index is 3.79. The van der Waals surface area contributed by atoms with Crippen LogP contribution < -0.4 is 0 Å². The van der Waals surface area contributed by atoms with Crippen molar-refractivity contribution in [2.24, 2.45) is 5.28 Å². The van der Waals surface area contributed by atoms with Gasteiger partial charge in [-0.15, -0.1) is 5.01 Å². The molecule has 0 aliphatic rings. The molecule has 5 nitrogen and oxygen atoms in total. The summed E-state index contributed by atoms with van der Waals surface area (Å²) >= 11 is 0. The first-order chi connectivity index (χ1) is 5.76. The summed E-state index contributed by atoms with van der Waals surface area (Å²) in [4.78, 5) is 5.22. The van der Waals surface area contributed by atoms with Crippen molar-refractivity contribution in [3.05, 3.63) is 5.21 Å². The van der Waals surface area contributed by atoms with Gasteiger partial charge in [0, 0.05) is 0 Å². The predicted molar refractivity (Wildman–Crippen MR) is 45.2 cm³/mol. The quantitative estimate of drug-likeness (QED) is 0.266. The Labute approximate surface area is 73.1 Å². The summed E-state index contributed by atoms with van der Waals surface area (Å²) in [5.41, 5.74) is 0. The molecule has 0 aromatic rings. The van der Waals surface area contributed by atoms with E-state index in [1.54, 1.807) is 0 Å². The molecular weight excluding hydrogens is 158 g/mol. The summed E-state index contributed by atoms with van der Waals surface area (Å²) in [6.45, 7) is 7.51. The molecule has 0 aliphatic carbocycles. The molecule has 72 valence electrons. The summed E-state index contributed by atoms with van der Waals surface area (Å²) in [7, 11) is 0. The molecule has 0 atom stereocenters. The zero-order valence-electron chi connectivity index (χ0n) is 7.99. The summed E-state index contributed by atoms with van der Waals surface area (Å²) in [5, 5.41) is 15.9. The minimum atomic E-state index is 0.486. The van der Waals surface area contributed by atoms with Gasteiger partial charge in [-0.05, 0) is 20.3 Å². The first kappa shape index (κ1) is 11.0. The minimum absolute atomic E-state index is 0.486. The molecule has 0 saturated carbocycles. The summed E-state index contributed by atoms with van der Waals surface area (Å²) in [5.74, 6) is 0. The van der Waals surface area contributed by atoms with Crippen molar-refractivity contribution in [3.63, 3.8) is 0 Å². The maximum Gasteiger partial charge on any atom is 0.233 e. The van der Waals surface area contributed by atoms with Crippen LogP contribution in [0.25, 0.3) is 0 Å². The first-order valence-electron chi connectivity index (χ1n) is 4.31. The third kappa shape index (κ3) is 4.00. The van der Waals surface area contributed by atoms with Crippen LogP contribution in [0.3, 0.4) is 0 Å². The van der Waals surface area contributed by atoms with Crippen LogP contribution in [-0.4, -0.2) is 29.7 Å². The van der Waals surface area contributed by atoms with Gasteiger partial charge in [-0.25, -0.2) is 0 Å². The monoisotopic (exact) mass is 175 g/mol. The Hall–Kier alpha value is -1.00. The van der Waals surface area contributed by atoms with Gasteiger partial charge < -0.3 is 10.0 Å². The molecule has 0 spiro atoms. The van der Waals surface area contributed by atoms with Crippen molar-refractivity contribution >= 4 is 0 Å². The number of nitrogens with zero attached hydrogens (tertiary/aromatic N) is 3. The highest BCUT2D eigenvalue weighted by atomic mass is 16.7. The lowest BCUT2D eigenvalue weighted by atomic mass is 10.5. The second-order valence-electron chi connectivity index (χ2n) is 2.31. The lowest BCUT2D eigenvalue weighted by Crippen LogP contribution is -2.30. The van der Waals surface area contributed by atoms with E-state index >= 15 is 0 Å².